The first-order valence-electron chi connectivity index (χ1n) is 8.48. The van der Waals surface area contributed by atoms with Crippen molar-refractivity contribution in [1.29, 1.82) is 0 Å². The van der Waals surface area contributed by atoms with Crippen molar-refractivity contribution >= 4 is 23.3 Å². The summed E-state index contributed by atoms with van der Waals surface area (Å²) in [5.41, 5.74) is 0.941. The quantitative estimate of drug-likeness (QED) is 0.746. The largest absolute Gasteiger partial charge is 0.333 e. The van der Waals surface area contributed by atoms with E-state index >= 15 is 0 Å². The van der Waals surface area contributed by atoms with Crippen LogP contribution in [-0.4, -0.2) is 24.1 Å². The van der Waals surface area contributed by atoms with E-state index in [1.807, 2.05) is 38.1 Å². The summed E-state index contributed by atoms with van der Waals surface area (Å²) in [6.45, 7) is 4.85. The first kappa shape index (κ1) is 16.9. The van der Waals surface area contributed by atoms with Crippen LogP contribution >= 0.6 is 0 Å². The second-order valence-corrected chi connectivity index (χ2v) is 5.80. The fraction of sp³-hybridized carbons (Fsp3) is 0.333. The van der Waals surface area contributed by atoms with Crippen LogP contribution in [0.1, 0.15) is 38.2 Å². The van der Waals surface area contributed by atoms with Crippen LogP contribution in [0, 0.1) is 0 Å². The molecule has 0 radical (unpaired) electrons. The molecule has 7 nitrogen and oxygen atoms in total. The van der Waals surface area contributed by atoms with Crippen molar-refractivity contribution in [1.82, 2.24) is 24.1 Å². The Kier molecular flexibility index (Phi) is 4.92. The topological polar surface area (TPSA) is 85.6 Å². The number of fused-ring (bicyclic) bond motifs is 1. The van der Waals surface area contributed by atoms with Gasteiger partial charge in [0.15, 0.2) is 5.65 Å². The second kappa shape index (κ2) is 7.29. The number of nitrogens with zero attached hydrogens (tertiary/aromatic N) is 4. The minimum atomic E-state index is -0.320. The van der Waals surface area contributed by atoms with Gasteiger partial charge in [-0.3, -0.25) is 18.9 Å². The lowest BCUT2D eigenvalue weighted by atomic mass is 10.3. The third-order valence-electron chi connectivity index (χ3n) is 3.87. The lowest BCUT2D eigenvalue weighted by Crippen LogP contribution is -2.40. The molecule has 3 rings (SSSR count). The molecule has 0 fully saturated rings. The van der Waals surface area contributed by atoms with Crippen molar-refractivity contribution in [3.63, 3.8) is 0 Å². The fourth-order valence-corrected chi connectivity index (χ4v) is 2.75. The van der Waals surface area contributed by atoms with E-state index in [0.717, 1.165) is 12.1 Å². The average Bonchev–Trinajstić information content (AvgIpc) is 3.06. The number of imidazole rings is 1. The van der Waals surface area contributed by atoms with Gasteiger partial charge in [0, 0.05) is 19.3 Å². The van der Waals surface area contributed by atoms with Gasteiger partial charge in [0.2, 0.25) is 0 Å². The van der Waals surface area contributed by atoms with E-state index in [1.165, 1.54) is 4.57 Å². The molecule has 3 heterocycles. The summed E-state index contributed by atoms with van der Waals surface area (Å²) in [5, 5.41) is 0. The van der Waals surface area contributed by atoms with E-state index in [9.17, 15) is 9.59 Å². The zero-order chi connectivity index (χ0) is 17.8. The van der Waals surface area contributed by atoms with Gasteiger partial charge in [-0.1, -0.05) is 19.9 Å². The predicted octanol–water partition coefficient (Wildman–Crippen LogP) is 2.27. The third kappa shape index (κ3) is 3.31. The smallest absolute Gasteiger partial charge is 0.332 e. The highest BCUT2D eigenvalue weighted by molar-refractivity contribution is 5.75. The summed E-state index contributed by atoms with van der Waals surface area (Å²) in [6.07, 6.45) is 6.77. The molecule has 0 spiro atoms. The molecule has 130 valence electrons. The van der Waals surface area contributed by atoms with Crippen molar-refractivity contribution in [2.75, 3.05) is 0 Å². The molecule has 0 aliphatic rings. The van der Waals surface area contributed by atoms with Crippen molar-refractivity contribution in [3.05, 3.63) is 56.8 Å². The van der Waals surface area contributed by atoms with Gasteiger partial charge >= 0.3 is 5.69 Å². The third-order valence-corrected chi connectivity index (χ3v) is 3.87. The van der Waals surface area contributed by atoms with Crippen LogP contribution in [0.3, 0.4) is 0 Å². The van der Waals surface area contributed by atoms with E-state index in [1.54, 1.807) is 16.8 Å². The molecule has 1 N–H and O–H groups in total. The van der Waals surface area contributed by atoms with Gasteiger partial charge in [0.25, 0.3) is 5.56 Å². The van der Waals surface area contributed by atoms with Crippen LogP contribution in [0.15, 0.2) is 34.0 Å². The molecule has 0 aliphatic heterocycles. The zero-order valence-corrected chi connectivity index (χ0v) is 14.4. The summed E-state index contributed by atoms with van der Waals surface area (Å²) in [5.74, 6) is 0.524. The Labute approximate surface area is 144 Å². The Bertz CT molecular complexity index is 1010. The summed E-state index contributed by atoms with van der Waals surface area (Å²) < 4.78 is 2.85. The van der Waals surface area contributed by atoms with Gasteiger partial charge in [-0.2, -0.15) is 0 Å². The molecule has 25 heavy (non-hydrogen) atoms. The van der Waals surface area contributed by atoms with Crippen LogP contribution in [0.2, 0.25) is 0 Å². The number of nitrogens with one attached hydrogen (secondary N) is 1. The van der Waals surface area contributed by atoms with Crippen molar-refractivity contribution in [2.45, 2.75) is 39.8 Å². The van der Waals surface area contributed by atoms with E-state index < -0.39 is 0 Å². The predicted molar refractivity (Wildman–Crippen MR) is 98.4 cm³/mol. The lowest BCUT2D eigenvalue weighted by molar-refractivity contribution is 0.555. The monoisotopic (exact) mass is 339 g/mol. The zero-order valence-electron chi connectivity index (χ0n) is 14.4. The summed E-state index contributed by atoms with van der Waals surface area (Å²) in [6, 6.07) is 5.62. The highest BCUT2D eigenvalue weighted by Crippen LogP contribution is 2.09. The summed E-state index contributed by atoms with van der Waals surface area (Å²) >= 11 is 0. The summed E-state index contributed by atoms with van der Waals surface area (Å²) in [4.78, 5) is 36.9. The number of rotatable bonds is 6. The van der Waals surface area contributed by atoms with Crippen LogP contribution in [0.5, 0.6) is 0 Å². The second-order valence-electron chi connectivity index (χ2n) is 5.80. The summed E-state index contributed by atoms with van der Waals surface area (Å²) in [7, 11) is 0. The highest BCUT2D eigenvalue weighted by Gasteiger charge is 2.15. The Morgan fingerprint density at radius 1 is 1.08 bits per heavy atom. The van der Waals surface area contributed by atoms with Crippen LogP contribution in [0.4, 0.5) is 0 Å². The molecule has 0 amide bonds. The van der Waals surface area contributed by atoms with E-state index in [-0.39, 0.29) is 11.2 Å². The number of hydrogen-bond acceptors (Lipinski definition) is 4. The minimum absolute atomic E-state index is 0.298. The van der Waals surface area contributed by atoms with E-state index in [0.29, 0.717) is 36.5 Å². The average molecular weight is 339 g/mol. The molecule has 0 saturated carbocycles. The van der Waals surface area contributed by atoms with E-state index in [2.05, 4.69) is 15.0 Å². The van der Waals surface area contributed by atoms with Crippen LogP contribution in [-0.2, 0) is 13.1 Å². The van der Waals surface area contributed by atoms with Crippen molar-refractivity contribution in [2.24, 2.45) is 0 Å². The van der Waals surface area contributed by atoms with Gasteiger partial charge in [-0.05, 0) is 37.1 Å². The highest BCUT2D eigenvalue weighted by atomic mass is 16.2. The molecule has 0 unspecified atom stereocenters. The van der Waals surface area contributed by atoms with Gasteiger partial charge in [-0.15, -0.1) is 0 Å². The Morgan fingerprint density at radius 2 is 1.84 bits per heavy atom. The van der Waals surface area contributed by atoms with Crippen LogP contribution < -0.4 is 11.2 Å². The number of hydrogen-bond donors (Lipinski definition) is 1. The molecule has 7 heteroatoms. The number of pyridine rings is 1. The molecule has 3 aromatic heterocycles. The Balaban J connectivity index is 2.14. The standard InChI is InChI=1S/C18H21N5O2/c1-3-11-22-16-15(17(24)23(12-4-2)18(22)25)20-14(21-16)9-8-13-7-5-6-10-19-13/h5-10H,3-4,11-12H2,1-2H3,(H,20,21)/b9-8+. The molecular weight excluding hydrogens is 318 g/mol. The van der Waals surface area contributed by atoms with Gasteiger partial charge in [0.05, 0.1) is 5.69 Å². The number of aromatic nitrogens is 5. The normalized spacial score (nSPS) is 11.6. The van der Waals surface area contributed by atoms with Gasteiger partial charge < -0.3 is 4.98 Å². The molecule has 0 atom stereocenters. The van der Waals surface area contributed by atoms with Crippen molar-refractivity contribution < 1.29 is 0 Å². The molecular formula is C18H21N5O2. The first-order chi connectivity index (χ1) is 12.2. The Hall–Kier alpha value is -2.96. The maximum atomic E-state index is 12.6. The molecule has 0 aromatic carbocycles. The van der Waals surface area contributed by atoms with Crippen molar-refractivity contribution in [3.8, 4) is 0 Å². The number of aryl methyl sites for hydroxylation is 1. The molecule has 0 aliphatic carbocycles. The molecule has 0 bridgehead atoms. The number of aromatic amines is 1. The lowest BCUT2D eigenvalue weighted by Gasteiger charge is -2.09. The van der Waals surface area contributed by atoms with Crippen LogP contribution in [0.25, 0.3) is 23.3 Å². The maximum absolute atomic E-state index is 12.6. The SMILES string of the molecule is CCCn1c(=O)c2[nH]c(/C=C/c3ccccn3)nc2n(CCC)c1=O. The van der Waals surface area contributed by atoms with Gasteiger partial charge in [0.1, 0.15) is 11.3 Å². The minimum Gasteiger partial charge on any atom is -0.333 e. The fourth-order valence-electron chi connectivity index (χ4n) is 2.75. The number of H-pyrrole nitrogens is 1. The molecule has 3 aromatic rings. The van der Waals surface area contributed by atoms with E-state index in [4.69, 9.17) is 0 Å². The Morgan fingerprint density at radius 3 is 2.52 bits per heavy atom. The first-order valence-corrected chi connectivity index (χ1v) is 8.48. The van der Waals surface area contributed by atoms with Gasteiger partial charge in [-0.25, -0.2) is 9.78 Å². The maximum Gasteiger partial charge on any atom is 0.332 e. The molecule has 0 saturated heterocycles.